The molecule has 3 aromatic rings. The number of aromatic nitrogens is 4. The molecule has 2 aromatic heterocycles. The van der Waals surface area contributed by atoms with Gasteiger partial charge in [0.25, 0.3) is 0 Å². The number of benzene rings is 1. The van der Waals surface area contributed by atoms with Gasteiger partial charge in [-0.15, -0.1) is 0 Å². The summed E-state index contributed by atoms with van der Waals surface area (Å²) in [6.45, 7) is 5.81. The molecule has 0 fully saturated rings. The minimum absolute atomic E-state index is 0.109. The second-order valence-electron chi connectivity index (χ2n) is 6.45. The molecule has 0 radical (unpaired) electrons. The Morgan fingerprint density at radius 1 is 1.07 bits per heavy atom. The molecule has 0 atom stereocenters. The molecule has 1 aromatic carbocycles. The number of rotatable bonds is 8. The zero-order valence-corrected chi connectivity index (χ0v) is 17.2. The van der Waals surface area contributed by atoms with E-state index in [9.17, 15) is 13.2 Å². The van der Waals surface area contributed by atoms with Gasteiger partial charge in [-0.05, 0) is 32.9 Å². The topological polar surface area (TPSA) is 119 Å². The Balaban J connectivity index is 1.58. The summed E-state index contributed by atoms with van der Waals surface area (Å²) in [5.74, 6) is 1.13. The Labute approximate surface area is 169 Å². The Hall–Kier alpha value is -3.11. The standard InChI is InChI=1S/C19H22N6O3S/c1-13-14(2)25(12-23-13)19-10-18(21-11-22-19)20-8-9-24-29(27,28)17-6-4-16(5-7-17)15(3)26/h4-7,10-12,24H,8-9H2,1-3H3,(H,20,21,22). The number of carbonyl (C=O) groups excluding carboxylic acids is 1. The van der Waals surface area contributed by atoms with Crippen LogP contribution in [0.4, 0.5) is 5.82 Å². The highest BCUT2D eigenvalue weighted by Crippen LogP contribution is 2.14. The summed E-state index contributed by atoms with van der Waals surface area (Å²) in [5.41, 5.74) is 2.37. The van der Waals surface area contributed by atoms with E-state index >= 15 is 0 Å². The Morgan fingerprint density at radius 2 is 1.79 bits per heavy atom. The van der Waals surface area contributed by atoms with E-state index in [4.69, 9.17) is 0 Å². The average Bonchev–Trinajstić information content (AvgIpc) is 3.04. The smallest absolute Gasteiger partial charge is 0.240 e. The first-order valence-electron chi connectivity index (χ1n) is 8.95. The zero-order valence-electron chi connectivity index (χ0n) is 16.4. The van der Waals surface area contributed by atoms with Crippen LogP contribution in [0.3, 0.4) is 0 Å². The van der Waals surface area contributed by atoms with Gasteiger partial charge in [0.2, 0.25) is 10.0 Å². The molecule has 3 rings (SSSR count). The van der Waals surface area contributed by atoms with Gasteiger partial charge < -0.3 is 5.32 Å². The second kappa shape index (κ2) is 8.50. The fraction of sp³-hybridized carbons (Fsp3) is 0.263. The number of imidazole rings is 1. The molecule has 10 heteroatoms. The fourth-order valence-corrected chi connectivity index (χ4v) is 3.67. The van der Waals surface area contributed by atoms with Gasteiger partial charge in [0.05, 0.1) is 10.6 Å². The minimum Gasteiger partial charge on any atom is -0.369 e. The van der Waals surface area contributed by atoms with Gasteiger partial charge in [-0.2, -0.15) is 0 Å². The zero-order chi connectivity index (χ0) is 21.0. The summed E-state index contributed by atoms with van der Waals surface area (Å²) in [5, 5.41) is 3.07. The van der Waals surface area contributed by atoms with Crippen LogP contribution in [0.15, 0.2) is 47.9 Å². The van der Waals surface area contributed by atoms with E-state index in [1.165, 1.54) is 37.5 Å². The number of nitrogens with zero attached hydrogens (tertiary/aromatic N) is 4. The number of carbonyl (C=O) groups is 1. The number of hydrogen-bond donors (Lipinski definition) is 2. The Morgan fingerprint density at radius 3 is 2.41 bits per heavy atom. The molecule has 2 N–H and O–H groups in total. The molecule has 9 nitrogen and oxygen atoms in total. The van der Waals surface area contributed by atoms with Crippen LogP contribution in [0.25, 0.3) is 5.82 Å². The molecule has 29 heavy (non-hydrogen) atoms. The first-order valence-corrected chi connectivity index (χ1v) is 10.4. The summed E-state index contributed by atoms with van der Waals surface area (Å²) in [7, 11) is -3.66. The second-order valence-corrected chi connectivity index (χ2v) is 8.22. The molecular weight excluding hydrogens is 392 g/mol. The fourth-order valence-electron chi connectivity index (χ4n) is 2.63. The van der Waals surface area contributed by atoms with Crippen LogP contribution in [0, 0.1) is 13.8 Å². The normalized spacial score (nSPS) is 11.4. The number of ketones is 1. The maximum Gasteiger partial charge on any atom is 0.240 e. The van der Waals surface area contributed by atoms with E-state index in [0.717, 1.165) is 11.4 Å². The van der Waals surface area contributed by atoms with E-state index in [-0.39, 0.29) is 17.2 Å². The van der Waals surface area contributed by atoms with Crippen molar-refractivity contribution in [2.24, 2.45) is 0 Å². The van der Waals surface area contributed by atoms with Gasteiger partial charge in [-0.3, -0.25) is 9.36 Å². The number of aryl methyl sites for hydroxylation is 1. The molecule has 0 aliphatic heterocycles. The molecule has 0 spiro atoms. The van der Waals surface area contributed by atoms with Crippen molar-refractivity contribution in [1.29, 1.82) is 0 Å². The molecule has 0 saturated carbocycles. The summed E-state index contributed by atoms with van der Waals surface area (Å²) >= 11 is 0. The van der Waals surface area contributed by atoms with Crippen LogP contribution in [0.2, 0.25) is 0 Å². The van der Waals surface area contributed by atoms with Gasteiger partial charge in [-0.1, -0.05) is 12.1 Å². The predicted octanol–water partition coefficient (Wildman–Crippen LogP) is 1.87. The SMILES string of the molecule is CC(=O)c1ccc(S(=O)(=O)NCCNc2cc(-n3cnc(C)c3C)ncn2)cc1. The first-order chi connectivity index (χ1) is 13.8. The number of anilines is 1. The highest BCUT2D eigenvalue weighted by Gasteiger charge is 2.14. The lowest BCUT2D eigenvalue weighted by Gasteiger charge is -2.10. The molecule has 0 bridgehead atoms. The molecule has 0 aliphatic rings. The van der Waals surface area contributed by atoms with Crippen LogP contribution in [-0.4, -0.2) is 46.8 Å². The highest BCUT2D eigenvalue weighted by atomic mass is 32.2. The molecule has 0 saturated heterocycles. The van der Waals surface area contributed by atoms with E-state index in [2.05, 4.69) is 25.0 Å². The van der Waals surface area contributed by atoms with Crippen LogP contribution >= 0.6 is 0 Å². The highest BCUT2D eigenvalue weighted by molar-refractivity contribution is 7.89. The van der Waals surface area contributed by atoms with Crippen molar-refractivity contribution in [2.45, 2.75) is 25.7 Å². The lowest BCUT2D eigenvalue weighted by Crippen LogP contribution is -2.29. The van der Waals surface area contributed by atoms with Crippen LogP contribution in [0.5, 0.6) is 0 Å². The van der Waals surface area contributed by atoms with Crippen molar-refractivity contribution in [1.82, 2.24) is 24.2 Å². The molecule has 152 valence electrons. The molecule has 0 amide bonds. The van der Waals surface area contributed by atoms with Crippen molar-refractivity contribution >= 4 is 21.6 Å². The quantitative estimate of drug-likeness (QED) is 0.427. The Bertz CT molecular complexity index is 1120. The third-order valence-electron chi connectivity index (χ3n) is 4.45. The maximum atomic E-state index is 12.3. The largest absolute Gasteiger partial charge is 0.369 e. The third-order valence-corrected chi connectivity index (χ3v) is 5.92. The predicted molar refractivity (Wildman–Crippen MR) is 109 cm³/mol. The third kappa shape index (κ3) is 4.84. The summed E-state index contributed by atoms with van der Waals surface area (Å²) < 4.78 is 29.1. The summed E-state index contributed by atoms with van der Waals surface area (Å²) in [6.07, 6.45) is 3.13. The first kappa shape index (κ1) is 20.6. The summed E-state index contributed by atoms with van der Waals surface area (Å²) in [6, 6.07) is 7.59. The van der Waals surface area contributed by atoms with Crippen LogP contribution < -0.4 is 10.0 Å². The van der Waals surface area contributed by atoms with Crippen molar-refractivity contribution in [2.75, 3.05) is 18.4 Å². The van der Waals surface area contributed by atoms with E-state index in [1.807, 2.05) is 18.4 Å². The number of nitrogens with one attached hydrogen (secondary N) is 2. The van der Waals surface area contributed by atoms with Crippen LogP contribution in [-0.2, 0) is 10.0 Å². The molecule has 2 heterocycles. The van der Waals surface area contributed by atoms with Gasteiger partial charge in [-0.25, -0.2) is 28.1 Å². The van der Waals surface area contributed by atoms with Crippen molar-refractivity contribution < 1.29 is 13.2 Å². The lowest BCUT2D eigenvalue weighted by atomic mass is 10.2. The number of sulfonamides is 1. The average molecular weight is 414 g/mol. The monoisotopic (exact) mass is 414 g/mol. The number of Topliss-reactive ketones (excluding diaryl/α,β-unsaturated/α-hetero) is 1. The van der Waals surface area contributed by atoms with E-state index in [1.54, 1.807) is 12.4 Å². The van der Waals surface area contributed by atoms with Crippen molar-refractivity contribution in [3.63, 3.8) is 0 Å². The molecule has 0 aliphatic carbocycles. The molecular formula is C19H22N6O3S. The summed E-state index contributed by atoms with van der Waals surface area (Å²) in [4.78, 5) is 24.1. The van der Waals surface area contributed by atoms with Crippen molar-refractivity contribution in [3.8, 4) is 5.82 Å². The Kier molecular flexibility index (Phi) is 6.04. The van der Waals surface area contributed by atoms with E-state index < -0.39 is 10.0 Å². The van der Waals surface area contributed by atoms with E-state index in [0.29, 0.717) is 23.7 Å². The van der Waals surface area contributed by atoms with Crippen molar-refractivity contribution in [3.05, 3.63) is 59.9 Å². The number of hydrogen-bond acceptors (Lipinski definition) is 7. The lowest BCUT2D eigenvalue weighted by molar-refractivity contribution is 0.101. The maximum absolute atomic E-state index is 12.3. The van der Waals surface area contributed by atoms with Gasteiger partial charge >= 0.3 is 0 Å². The van der Waals surface area contributed by atoms with Gasteiger partial charge in [0.1, 0.15) is 24.3 Å². The minimum atomic E-state index is -3.66. The van der Waals surface area contributed by atoms with Gasteiger partial charge in [0, 0.05) is 30.4 Å². The van der Waals surface area contributed by atoms with Gasteiger partial charge in [0.15, 0.2) is 5.78 Å². The van der Waals surface area contributed by atoms with Crippen LogP contribution in [0.1, 0.15) is 28.7 Å². The molecule has 0 unspecified atom stereocenters.